The first-order valence-electron chi connectivity index (χ1n) is 1.73. The van der Waals surface area contributed by atoms with Crippen molar-refractivity contribution in [2.24, 2.45) is 0 Å². The smallest absolute Gasteiger partial charge is 0.870 e. The van der Waals surface area contributed by atoms with E-state index in [0.29, 0.717) is 0 Å². The first-order chi connectivity index (χ1) is 2.27. The molecule has 0 amide bonds. The molecule has 1 N–H and O–H groups in total. The van der Waals surface area contributed by atoms with E-state index < -0.39 is 0 Å². The minimum Gasteiger partial charge on any atom is -0.870 e. The summed E-state index contributed by atoms with van der Waals surface area (Å²) in [6, 6.07) is 0. The Morgan fingerprint density at radius 1 is 1.29 bits per heavy atom. The Labute approximate surface area is 67.5 Å². The average Bonchev–Trinajstić information content (AvgIpc) is 1.38. The van der Waals surface area contributed by atoms with Gasteiger partial charge in [0.2, 0.25) is 0 Å². The van der Waals surface area contributed by atoms with Gasteiger partial charge in [-0.25, -0.2) is 0 Å². The van der Waals surface area contributed by atoms with Crippen LogP contribution in [-0.2, 0) is 0 Å². The largest absolute Gasteiger partial charge is 1.00 e. The Kier molecular flexibility index (Phi) is 22.4. The summed E-state index contributed by atoms with van der Waals surface area (Å²) in [6.07, 6.45) is 0. The van der Waals surface area contributed by atoms with Gasteiger partial charge in [-0.3, -0.25) is 0 Å². The number of rotatable bonds is 1. The third-order valence-corrected chi connectivity index (χ3v) is 0.516. The fourth-order valence-electron chi connectivity index (χ4n) is 0. The maximum absolute atomic E-state index is 2.00. The zero-order chi connectivity index (χ0) is 4.28. The monoisotopic (exact) mass is 112 g/mol. The summed E-state index contributed by atoms with van der Waals surface area (Å²) in [7, 11) is 4.00. The molecule has 3 heteroatoms. The van der Waals surface area contributed by atoms with E-state index in [1.54, 1.807) is 0 Å². The normalized spacial score (nSPS) is 6.86. The minimum atomic E-state index is 0. The maximum Gasteiger partial charge on any atom is 1.00 e. The quantitative estimate of drug-likeness (QED) is 0.353. The van der Waals surface area contributed by atoms with Gasteiger partial charge in [0.25, 0.3) is 0 Å². The molecule has 0 spiro atoms. The summed E-state index contributed by atoms with van der Waals surface area (Å²) >= 11 is 0. The molecule has 0 bridgehead atoms. The summed E-state index contributed by atoms with van der Waals surface area (Å²) in [4.78, 5) is 2.00. The van der Waals surface area contributed by atoms with Crippen LogP contribution < -0.4 is 29.6 Å². The van der Waals surface area contributed by atoms with Gasteiger partial charge in [-0.05, 0) is 21.0 Å². The molecule has 0 unspecified atom stereocenters. The number of nitrogens with zero attached hydrogens (tertiary/aromatic N) is 1. The van der Waals surface area contributed by atoms with Crippen LogP contribution in [0.1, 0.15) is 6.92 Å². The Morgan fingerprint density at radius 3 is 1.43 bits per heavy atom. The van der Waals surface area contributed by atoms with Crippen molar-refractivity contribution in [1.29, 1.82) is 0 Å². The van der Waals surface area contributed by atoms with E-state index in [1.807, 2.05) is 32.5 Å². The van der Waals surface area contributed by atoms with Gasteiger partial charge in [0, 0.05) is 6.54 Å². The van der Waals surface area contributed by atoms with E-state index in [0.717, 1.165) is 0 Å². The summed E-state index contributed by atoms with van der Waals surface area (Å²) < 4.78 is 0. The molecule has 0 saturated heterocycles. The van der Waals surface area contributed by atoms with Gasteiger partial charge in [0.15, 0.2) is 0 Å². The van der Waals surface area contributed by atoms with Crippen LogP contribution >= 0.6 is 0 Å². The van der Waals surface area contributed by atoms with Crippen LogP contribution in [0.3, 0.4) is 0 Å². The fourth-order valence-corrected chi connectivity index (χ4v) is 0. The van der Waals surface area contributed by atoms with Crippen LogP contribution in [0.15, 0.2) is 0 Å². The number of hydrogen-bond acceptors (Lipinski definition) is 2. The molecular formula is C4H11NNaO. The molecule has 7 heavy (non-hydrogen) atoms. The molecule has 0 aliphatic heterocycles. The first-order valence-corrected chi connectivity index (χ1v) is 1.73. The van der Waals surface area contributed by atoms with Crippen LogP contribution in [0.4, 0.5) is 0 Å². The molecule has 0 fully saturated rings. The first kappa shape index (κ1) is 15.7. The molecule has 0 aromatic rings. The van der Waals surface area contributed by atoms with Gasteiger partial charge in [-0.1, -0.05) is 0 Å². The Hall–Kier alpha value is 0.920. The van der Waals surface area contributed by atoms with Crippen molar-refractivity contribution in [1.82, 2.24) is 4.90 Å². The SMILES string of the molecule is C[CH]N(C)C.[Na+].[OH-]. The molecule has 1 radical (unpaired) electrons. The van der Waals surface area contributed by atoms with Crippen LogP contribution in [0.25, 0.3) is 0 Å². The fraction of sp³-hybridized carbons (Fsp3) is 0.750. The van der Waals surface area contributed by atoms with E-state index in [-0.39, 0.29) is 35.0 Å². The maximum atomic E-state index is 2.00. The molecule has 0 atom stereocenters. The van der Waals surface area contributed by atoms with Crippen molar-refractivity contribution >= 4 is 0 Å². The molecule has 2 nitrogen and oxygen atoms in total. The standard InChI is InChI=1S/C4H10N.Na.H2O/c1-4-5(2)3;;/h4H,1-3H3;;1H2/q;+1;/p-1. The molecule has 0 aliphatic carbocycles. The van der Waals surface area contributed by atoms with E-state index in [2.05, 4.69) is 0 Å². The van der Waals surface area contributed by atoms with Gasteiger partial charge in [0.05, 0.1) is 0 Å². The van der Waals surface area contributed by atoms with Crippen molar-refractivity contribution in [3.8, 4) is 0 Å². The van der Waals surface area contributed by atoms with Gasteiger partial charge in [-0.15, -0.1) is 0 Å². The summed E-state index contributed by atoms with van der Waals surface area (Å²) in [5, 5.41) is 0. The predicted octanol–water partition coefficient (Wildman–Crippen LogP) is -2.44. The van der Waals surface area contributed by atoms with Gasteiger partial charge in [0.1, 0.15) is 0 Å². The van der Waals surface area contributed by atoms with Crippen molar-refractivity contribution < 1.29 is 35.0 Å². The van der Waals surface area contributed by atoms with Crippen molar-refractivity contribution in [3.63, 3.8) is 0 Å². The van der Waals surface area contributed by atoms with Gasteiger partial charge < -0.3 is 10.4 Å². The molecule has 0 aromatic heterocycles. The van der Waals surface area contributed by atoms with E-state index in [9.17, 15) is 0 Å². The topological polar surface area (TPSA) is 33.2 Å². The van der Waals surface area contributed by atoms with Crippen LogP contribution in [0, 0.1) is 6.54 Å². The Bertz CT molecular complexity index is 25.7. The molecule has 0 aliphatic rings. The summed E-state index contributed by atoms with van der Waals surface area (Å²) in [6.45, 7) is 4.00. The predicted molar refractivity (Wildman–Crippen MR) is 25.6 cm³/mol. The third-order valence-electron chi connectivity index (χ3n) is 0.516. The second-order valence-electron chi connectivity index (χ2n) is 1.22. The molecular weight excluding hydrogens is 101 g/mol. The summed E-state index contributed by atoms with van der Waals surface area (Å²) in [5.41, 5.74) is 0. The average molecular weight is 112 g/mol. The molecule has 0 rings (SSSR count). The Balaban J connectivity index is -0.0000000800. The van der Waals surface area contributed by atoms with Crippen molar-refractivity contribution in [3.05, 3.63) is 6.54 Å². The Morgan fingerprint density at radius 2 is 1.43 bits per heavy atom. The third kappa shape index (κ3) is 19.6. The second kappa shape index (κ2) is 10.0. The molecule has 0 saturated carbocycles. The molecule has 0 heterocycles. The molecule has 0 aromatic carbocycles. The second-order valence-corrected chi connectivity index (χ2v) is 1.22. The number of hydrogen-bond donors (Lipinski definition) is 0. The summed E-state index contributed by atoms with van der Waals surface area (Å²) in [5.74, 6) is 0. The van der Waals surface area contributed by atoms with Gasteiger partial charge >= 0.3 is 29.6 Å². The van der Waals surface area contributed by atoms with Crippen molar-refractivity contribution in [2.45, 2.75) is 6.92 Å². The van der Waals surface area contributed by atoms with Crippen molar-refractivity contribution in [2.75, 3.05) is 14.1 Å². The molecule has 39 valence electrons. The minimum absolute atomic E-state index is 0. The van der Waals surface area contributed by atoms with Crippen LogP contribution in [0.5, 0.6) is 0 Å². The van der Waals surface area contributed by atoms with E-state index >= 15 is 0 Å². The van der Waals surface area contributed by atoms with E-state index in [1.165, 1.54) is 0 Å². The van der Waals surface area contributed by atoms with Crippen LogP contribution in [0.2, 0.25) is 0 Å². The van der Waals surface area contributed by atoms with E-state index in [4.69, 9.17) is 0 Å². The van der Waals surface area contributed by atoms with Gasteiger partial charge in [-0.2, -0.15) is 0 Å². The van der Waals surface area contributed by atoms with Crippen LogP contribution in [-0.4, -0.2) is 24.5 Å². The zero-order valence-electron chi connectivity index (χ0n) is 5.47. The zero-order valence-corrected chi connectivity index (χ0v) is 7.47.